The van der Waals surface area contributed by atoms with Crippen LogP contribution in [0.25, 0.3) is 0 Å². The molecule has 0 bridgehead atoms. The molecule has 1 heterocycles. The summed E-state index contributed by atoms with van der Waals surface area (Å²) in [6.45, 7) is 6.59. The van der Waals surface area contributed by atoms with Crippen LogP contribution in [0, 0.1) is 12.7 Å². The predicted octanol–water partition coefficient (Wildman–Crippen LogP) is 2.10. The summed E-state index contributed by atoms with van der Waals surface area (Å²) in [6, 6.07) is 14.2. The Hall–Kier alpha value is -2.97. The normalized spacial score (nSPS) is 15.8. The highest BCUT2D eigenvalue weighted by atomic mass is 19.1. The number of ether oxygens (including phenoxy) is 1. The zero-order valence-corrected chi connectivity index (χ0v) is 18.7. The summed E-state index contributed by atoms with van der Waals surface area (Å²) in [5.41, 5.74) is 2.75. The van der Waals surface area contributed by atoms with E-state index in [9.17, 15) is 9.18 Å². The third-order valence-corrected chi connectivity index (χ3v) is 5.41. The molecule has 3 N–H and O–H groups in total. The lowest BCUT2D eigenvalue weighted by Crippen LogP contribution is -2.47. The number of amides is 1. The Morgan fingerprint density at radius 3 is 2.50 bits per heavy atom. The average molecular weight is 442 g/mol. The van der Waals surface area contributed by atoms with Crippen molar-refractivity contribution in [3.8, 4) is 0 Å². The summed E-state index contributed by atoms with van der Waals surface area (Å²) >= 11 is 0. The number of morpholine rings is 1. The molecule has 7 nitrogen and oxygen atoms in total. The Bertz CT molecular complexity index is 898. The van der Waals surface area contributed by atoms with Crippen molar-refractivity contribution in [3.05, 3.63) is 71.0 Å². The van der Waals surface area contributed by atoms with E-state index in [0.717, 1.165) is 24.2 Å². The van der Waals surface area contributed by atoms with Gasteiger partial charge in [-0.25, -0.2) is 4.39 Å². The molecule has 1 aliphatic rings. The van der Waals surface area contributed by atoms with Crippen LogP contribution in [0.1, 0.15) is 27.5 Å². The maximum absolute atomic E-state index is 13.4. The van der Waals surface area contributed by atoms with E-state index in [1.807, 2.05) is 37.3 Å². The highest BCUT2D eigenvalue weighted by Crippen LogP contribution is 2.21. The van der Waals surface area contributed by atoms with Gasteiger partial charge >= 0.3 is 0 Å². The smallest absolute Gasteiger partial charge is 0.251 e. The van der Waals surface area contributed by atoms with Crippen LogP contribution in [0.2, 0.25) is 0 Å². The molecule has 1 saturated heterocycles. The van der Waals surface area contributed by atoms with Gasteiger partial charge in [-0.1, -0.05) is 29.8 Å². The van der Waals surface area contributed by atoms with E-state index in [0.29, 0.717) is 44.4 Å². The zero-order valence-electron chi connectivity index (χ0n) is 18.7. The largest absolute Gasteiger partial charge is 0.379 e. The Balaban J connectivity index is 1.49. The van der Waals surface area contributed by atoms with E-state index in [4.69, 9.17) is 4.74 Å². The number of aliphatic imine (C=N–C) groups is 1. The molecule has 2 aromatic carbocycles. The van der Waals surface area contributed by atoms with Gasteiger partial charge in [0.2, 0.25) is 0 Å². The Morgan fingerprint density at radius 2 is 1.81 bits per heavy atom. The molecule has 1 aliphatic heterocycles. The number of aryl methyl sites for hydroxylation is 1. The number of hydrogen-bond acceptors (Lipinski definition) is 4. The monoisotopic (exact) mass is 441 g/mol. The maximum Gasteiger partial charge on any atom is 0.251 e. The van der Waals surface area contributed by atoms with E-state index >= 15 is 0 Å². The molecule has 2 aromatic rings. The lowest BCUT2D eigenvalue weighted by atomic mass is 10.0. The van der Waals surface area contributed by atoms with Crippen molar-refractivity contribution in [2.45, 2.75) is 13.0 Å². The number of halogens is 1. The summed E-state index contributed by atoms with van der Waals surface area (Å²) in [5.74, 6) is 0.310. The first-order valence-electron chi connectivity index (χ1n) is 10.9. The highest BCUT2D eigenvalue weighted by molar-refractivity contribution is 5.94. The molecule has 32 heavy (non-hydrogen) atoms. The standard InChI is InChI=1S/C24H32FN5O2/c1-18-4-3-5-20(16-18)23(31)27-10-11-28-24(26-2)29-17-22(30-12-14-32-15-13-30)19-6-8-21(25)9-7-19/h3-9,16,22H,10-15,17H2,1-2H3,(H,27,31)(H2,26,28,29). The van der Waals surface area contributed by atoms with Crippen molar-refractivity contribution in [2.75, 3.05) is 53.0 Å². The van der Waals surface area contributed by atoms with Crippen molar-refractivity contribution in [1.29, 1.82) is 0 Å². The van der Waals surface area contributed by atoms with E-state index < -0.39 is 0 Å². The highest BCUT2D eigenvalue weighted by Gasteiger charge is 2.23. The third-order valence-electron chi connectivity index (χ3n) is 5.41. The van der Waals surface area contributed by atoms with E-state index in [2.05, 4.69) is 25.8 Å². The van der Waals surface area contributed by atoms with Crippen LogP contribution < -0.4 is 16.0 Å². The number of benzene rings is 2. The minimum atomic E-state index is -0.243. The lowest BCUT2D eigenvalue weighted by Gasteiger charge is -2.35. The van der Waals surface area contributed by atoms with E-state index in [1.165, 1.54) is 12.1 Å². The van der Waals surface area contributed by atoms with Crippen LogP contribution in [0.15, 0.2) is 53.5 Å². The summed E-state index contributed by atoms with van der Waals surface area (Å²) in [5, 5.41) is 9.50. The molecular weight excluding hydrogens is 409 g/mol. The molecule has 0 aromatic heterocycles. The molecular formula is C24H32FN5O2. The summed E-state index contributed by atoms with van der Waals surface area (Å²) in [4.78, 5) is 18.9. The number of carbonyl (C=O) groups is 1. The molecule has 1 fully saturated rings. The van der Waals surface area contributed by atoms with Gasteiger partial charge in [-0.2, -0.15) is 0 Å². The second-order valence-electron chi connectivity index (χ2n) is 7.72. The van der Waals surface area contributed by atoms with E-state index in [-0.39, 0.29) is 17.8 Å². The topological polar surface area (TPSA) is 78.0 Å². The number of hydrogen-bond donors (Lipinski definition) is 3. The molecule has 1 atom stereocenters. The van der Waals surface area contributed by atoms with Crippen molar-refractivity contribution in [2.24, 2.45) is 4.99 Å². The zero-order chi connectivity index (χ0) is 22.8. The molecule has 0 saturated carbocycles. The van der Waals surface area contributed by atoms with Crippen molar-refractivity contribution >= 4 is 11.9 Å². The molecule has 0 radical (unpaired) electrons. The Labute approximate surface area is 189 Å². The van der Waals surface area contributed by atoms with Gasteiger partial charge < -0.3 is 20.7 Å². The molecule has 1 amide bonds. The first kappa shape index (κ1) is 23.7. The fourth-order valence-corrected chi connectivity index (χ4v) is 3.69. The fourth-order valence-electron chi connectivity index (χ4n) is 3.69. The van der Waals surface area contributed by atoms with Gasteiger partial charge in [-0.05, 0) is 36.8 Å². The van der Waals surface area contributed by atoms with Crippen LogP contribution in [0.5, 0.6) is 0 Å². The van der Waals surface area contributed by atoms with E-state index in [1.54, 1.807) is 13.1 Å². The second kappa shape index (κ2) is 12.2. The number of guanidine groups is 1. The number of nitrogens with one attached hydrogen (secondary N) is 3. The Morgan fingerprint density at radius 1 is 1.09 bits per heavy atom. The number of nitrogens with zero attached hydrogens (tertiary/aromatic N) is 2. The van der Waals surface area contributed by atoms with Gasteiger partial charge in [0.15, 0.2) is 5.96 Å². The lowest BCUT2D eigenvalue weighted by molar-refractivity contribution is 0.0170. The van der Waals surface area contributed by atoms with Crippen molar-refractivity contribution in [3.63, 3.8) is 0 Å². The SMILES string of the molecule is CN=C(NCCNC(=O)c1cccc(C)c1)NCC(c1ccc(F)cc1)N1CCOCC1. The van der Waals surface area contributed by atoms with Gasteiger partial charge in [-0.15, -0.1) is 0 Å². The van der Waals surface area contributed by atoms with Gasteiger partial charge in [0.05, 0.1) is 19.3 Å². The van der Waals surface area contributed by atoms with Gasteiger partial charge in [0.1, 0.15) is 5.82 Å². The third kappa shape index (κ3) is 7.03. The molecule has 172 valence electrons. The summed E-state index contributed by atoms with van der Waals surface area (Å²) in [6.07, 6.45) is 0. The summed E-state index contributed by atoms with van der Waals surface area (Å²) < 4.78 is 18.9. The minimum absolute atomic E-state index is 0.0686. The minimum Gasteiger partial charge on any atom is -0.379 e. The van der Waals surface area contributed by atoms with Gasteiger partial charge in [0.25, 0.3) is 5.91 Å². The fraction of sp³-hybridized carbons (Fsp3) is 0.417. The van der Waals surface area contributed by atoms with Crippen LogP contribution >= 0.6 is 0 Å². The van der Waals surface area contributed by atoms with Crippen molar-refractivity contribution < 1.29 is 13.9 Å². The van der Waals surface area contributed by atoms with Crippen LogP contribution in [-0.4, -0.2) is 69.8 Å². The summed E-state index contributed by atoms with van der Waals surface area (Å²) in [7, 11) is 1.71. The first-order valence-corrected chi connectivity index (χ1v) is 10.9. The molecule has 3 rings (SSSR count). The average Bonchev–Trinajstić information content (AvgIpc) is 2.82. The van der Waals surface area contributed by atoms with Crippen LogP contribution in [-0.2, 0) is 4.74 Å². The maximum atomic E-state index is 13.4. The van der Waals surface area contributed by atoms with Crippen LogP contribution in [0.3, 0.4) is 0 Å². The van der Waals surface area contributed by atoms with Gasteiger partial charge in [0, 0.05) is 45.3 Å². The molecule has 8 heteroatoms. The molecule has 1 unspecified atom stereocenters. The second-order valence-corrected chi connectivity index (χ2v) is 7.72. The first-order chi connectivity index (χ1) is 15.6. The van der Waals surface area contributed by atoms with Crippen molar-refractivity contribution in [1.82, 2.24) is 20.9 Å². The number of rotatable bonds is 8. The van der Waals surface area contributed by atoms with Crippen LogP contribution in [0.4, 0.5) is 4.39 Å². The predicted molar refractivity (Wildman–Crippen MR) is 124 cm³/mol. The van der Waals surface area contributed by atoms with Gasteiger partial charge in [-0.3, -0.25) is 14.7 Å². The quantitative estimate of drug-likeness (QED) is 0.332. The number of carbonyl (C=O) groups excluding carboxylic acids is 1. The molecule has 0 aliphatic carbocycles. The molecule has 0 spiro atoms. The Kier molecular flexibility index (Phi) is 9.01.